The van der Waals surface area contributed by atoms with Crippen LogP contribution in [0.3, 0.4) is 0 Å². The zero-order chi connectivity index (χ0) is 7.84. The van der Waals surface area contributed by atoms with Gasteiger partial charge in [0.15, 0.2) is 6.17 Å². The minimum atomic E-state index is -0.118. The van der Waals surface area contributed by atoms with E-state index in [9.17, 15) is 0 Å². The standard InChI is InChI=1S/C7H8N4/c1-4-2-5-6(8)9-3-10-7(5)11-4/h2-3,7H,1H3,(H2,8,9,10)/t7-/m1/s1. The fourth-order valence-electron chi connectivity index (χ4n) is 1.15. The molecule has 0 unspecified atom stereocenters. The highest BCUT2D eigenvalue weighted by molar-refractivity contribution is 6.11. The minimum Gasteiger partial charge on any atom is -0.383 e. The summed E-state index contributed by atoms with van der Waals surface area (Å²) in [6.07, 6.45) is 3.26. The quantitative estimate of drug-likeness (QED) is 0.520. The van der Waals surface area contributed by atoms with Gasteiger partial charge in [-0.25, -0.2) is 9.98 Å². The number of aliphatic imine (C=N–C) groups is 3. The Morgan fingerprint density at radius 2 is 2.36 bits per heavy atom. The number of amidine groups is 1. The van der Waals surface area contributed by atoms with Crippen molar-refractivity contribution >= 4 is 17.9 Å². The van der Waals surface area contributed by atoms with Gasteiger partial charge in [0, 0.05) is 11.3 Å². The highest BCUT2D eigenvalue weighted by atomic mass is 15.1. The molecule has 56 valence electrons. The SMILES string of the molecule is CC1=N[C@H]2N=CN=C(N)C2=C1. The van der Waals surface area contributed by atoms with Gasteiger partial charge in [-0.2, -0.15) is 0 Å². The van der Waals surface area contributed by atoms with Crippen LogP contribution in [0, 0.1) is 0 Å². The van der Waals surface area contributed by atoms with Crippen LogP contribution in [-0.4, -0.2) is 24.1 Å². The first-order chi connectivity index (χ1) is 5.27. The summed E-state index contributed by atoms with van der Waals surface area (Å²) in [6, 6.07) is 0. The van der Waals surface area contributed by atoms with Crippen molar-refractivity contribution in [2.75, 3.05) is 0 Å². The lowest BCUT2D eigenvalue weighted by molar-refractivity contribution is 0.863. The predicted molar refractivity (Wildman–Crippen MR) is 45.1 cm³/mol. The van der Waals surface area contributed by atoms with Gasteiger partial charge in [-0.1, -0.05) is 0 Å². The van der Waals surface area contributed by atoms with E-state index in [-0.39, 0.29) is 6.17 Å². The van der Waals surface area contributed by atoms with Crippen LogP contribution in [0.2, 0.25) is 0 Å². The monoisotopic (exact) mass is 148 g/mol. The van der Waals surface area contributed by atoms with E-state index in [0.29, 0.717) is 5.84 Å². The molecule has 2 rings (SSSR count). The number of nitrogens with zero attached hydrogens (tertiary/aromatic N) is 3. The molecule has 0 radical (unpaired) electrons. The number of fused-ring (bicyclic) bond motifs is 1. The Hall–Kier alpha value is -1.45. The molecule has 11 heavy (non-hydrogen) atoms. The molecule has 2 heterocycles. The molecule has 4 nitrogen and oxygen atoms in total. The third-order valence-corrected chi connectivity index (χ3v) is 1.67. The van der Waals surface area contributed by atoms with Crippen molar-refractivity contribution in [2.45, 2.75) is 13.1 Å². The van der Waals surface area contributed by atoms with Gasteiger partial charge in [-0.15, -0.1) is 0 Å². The van der Waals surface area contributed by atoms with E-state index in [1.807, 2.05) is 13.0 Å². The lowest BCUT2D eigenvalue weighted by atomic mass is 10.2. The van der Waals surface area contributed by atoms with E-state index in [4.69, 9.17) is 5.73 Å². The van der Waals surface area contributed by atoms with E-state index < -0.39 is 0 Å². The lowest BCUT2D eigenvalue weighted by Crippen LogP contribution is -2.23. The van der Waals surface area contributed by atoms with Crippen molar-refractivity contribution in [3.8, 4) is 0 Å². The van der Waals surface area contributed by atoms with Crippen molar-refractivity contribution in [1.82, 2.24) is 0 Å². The average Bonchev–Trinajstić information content (AvgIpc) is 2.31. The molecule has 0 aromatic carbocycles. The van der Waals surface area contributed by atoms with E-state index in [1.165, 1.54) is 6.34 Å². The molecule has 2 aliphatic rings. The highest BCUT2D eigenvalue weighted by Gasteiger charge is 2.22. The van der Waals surface area contributed by atoms with Gasteiger partial charge >= 0.3 is 0 Å². The Kier molecular flexibility index (Phi) is 1.15. The first-order valence-electron chi connectivity index (χ1n) is 3.38. The highest BCUT2D eigenvalue weighted by Crippen LogP contribution is 2.17. The van der Waals surface area contributed by atoms with Crippen molar-refractivity contribution in [2.24, 2.45) is 20.7 Å². The average molecular weight is 148 g/mol. The number of hydrogen-bond acceptors (Lipinski definition) is 4. The van der Waals surface area contributed by atoms with Crippen LogP contribution in [-0.2, 0) is 0 Å². The molecule has 0 aromatic rings. The van der Waals surface area contributed by atoms with Gasteiger partial charge in [0.25, 0.3) is 0 Å². The molecule has 2 aliphatic heterocycles. The molecule has 0 saturated heterocycles. The Bertz CT molecular complexity index is 308. The van der Waals surface area contributed by atoms with Crippen molar-refractivity contribution in [3.63, 3.8) is 0 Å². The Balaban J connectivity index is 2.44. The molecule has 0 aromatic heterocycles. The van der Waals surface area contributed by atoms with Crippen molar-refractivity contribution in [3.05, 3.63) is 11.6 Å². The lowest BCUT2D eigenvalue weighted by Gasteiger charge is -2.09. The predicted octanol–water partition coefficient (Wildman–Crippen LogP) is 0.113. The second kappa shape index (κ2) is 2.02. The Morgan fingerprint density at radius 1 is 1.55 bits per heavy atom. The van der Waals surface area contributed by atoms with E-state index >= 15 is 0 Å². The summed E-state index contributed by atoms with van der Waals surface area (Å²) in [7, 11) is 0. The first-order valence-corrected chi connectivity index (χ1v) is 3.38. The van der Waals surface area contributed by atoms with Gasteiger partial charge in [0.2, 0.25) is 0 Å². The molecular weight excluding hydrogens is 140 g/mol. The van der Waals surface area contributed by atoms with Gasteiger partial charge in [0.1, 0.15) is 12.2 Å². The smallest absolute Gasteiger partial charge is 0.170 e. The zero-order valence-electron chi connectivity index (χ0n) is 6.15. The first kappa shape index (κ1) is 6.27. The second-order valence-corrected chi connectivity index (χ2v) is 2.52. The van der Waals surface area contributed by atoms with Crippen LogP contribution in [0.5, 0.6) is 0 Å². The molecule has 0 saturated carbocycles. The Labute approximate surface area is 64.3 Å². The normalized spacial score (nSPS) is 27.4. The summed E-state index contributed by atoms with van der Waals surface area (Å²) in [5.41, 5.74) is 7.48. The fourth-order valence-corrected chi connectivity index (χ4v) is 1.15. The summed E-state index contributed by atoms with van der Waals surface area (Å²) in [5.74, 6) is 0.533. The van der Waals surface area contributed by atoms with Crippen LogP contribution in [0.15, 0.2) is 26.6 Å². The van der Waals surface area contributed by atoms with E-state index in [1.54, 1.807) is 0 Å². The maximum absolute atomic E-state index is 5.60. The molecule has 4 heteroatoms. The van der Waals surface area contributed by atoms with Crippen molar-refractivity contribution in [1.29, 1.82) is 0 Å². The summed E-state index contributed by atoms with van der Waals surface area (Å²) in [6.45, 7) is 1.92. The van der Waals surface area contributed by atoms with Crippen LogP contribution in [0.4, 0.5) is 0 Å². The van der Waals surface area contributed by atoms with Crippen LogP contribution in [0.25, 0.3) is 0 Å². The van der Waals surface area contributed by atoms with Gasteiger partial charge in [-0.3, -0.25) is 4.99 Å². The largest absolute Gasteiger partial charge is 0.383 e. The van der Waals surface area contributed by atoms with Gasteiger partial charge in [-0.05, 0) is 13.0 Å². The molecule has 2 N–H and O–H groups in total. The van der Waals surface area contributed by atoms with Gasteiger partial charge in [0.05, 0.1) is 0 Å². The number of nitrogens with two attached hydrogens (primary N) is 1. The molecular formula is C7H8N4. The number of rotatable bonds is 0. The second-order valence-electron chi connectivity index (χ2n) is 2.52. The van der Waals surface area contributed by atoms with E-state index in [0.717, 1.165) is 11.3 Å². The maximum Gasteiger partial charge on any atom is 0.170 e. The minimum absolute atomic E-state index is 0.118. The fraction of sp³-hybridized carbons (Fsp3) is 0.286. The number of hydrogen-bond donors (Lipinski definition) is 1. The van der Waals surface area contributed by atoms with Crippen LogP contribution >= 0.6 is 0 Å². The molecule has 0 fully saturated rings. The Morgan fingerprint density at radius 3 is 3.09 bits per heavy atom. The topological polar surface area (TPSA) is 63.1 Å². The van der Waals surface area contributed by atoms with Crippen LogP contribution in [0.1, 0.15) is 6.92 Å². The van der Waals surface area contributed by atoms with E-state index in [2.05, 4.69) is 15.0 Å². The van der Waals surface area contributed by atoms with Crippen LogP contribution < -0.4 is 5.73 Å². The maximum atomic E-state index is 5.60. The van der Waals surface area contributed by atoms with Crippen molar-refractivity contribution < 1.29 is 0 Å². The molecule has 0 bridgehead atoms. The molecule has 0 spiro atoms. The summed E-state index contributed by atoms with van der Waals surface area (Å²) >= 11 is 0. The molecule has 1 atom stereocenters. The summed E-state index contributed by atoms with van der Waals surface area (Å²) < 4.78 is 0. The summed E-state index contributed by atoms with van der Waals surface area (Å²) in [4.78, 5) is 12.1. The summed E-state index contributed by atoms with van der Waals surface area (Å²) in [5, 5.41) is 0. The molecule has 0 amide bonds. The third kappa shape index (κ3) is 0.869. The van der Waals surface area contributed by atoms with Gasteiger partial charge < -0.3 is 5.73 Å². The molecule has 0 aliphatic carbocycles. The number of allylic oxidation sites excluding steroid dienone is 1. The third-order valence-electron chi connectivity index (χ3n) is 1.67. The zero-order valence-corrected chi connectivity index (χ0v) is 6.15.